The predicted octanol–water partition coefficient (Wildman–Crippen LogP) is 3.40. The molecule has 1 aromatic rings. The van der Waals surface area contributed by atoms with Crippen molar-refractivity contribution in [2.24, 2.45) is 0 Å². The summed E-state index contributed by atoms with van der Waals surface area (Å²) in [6.45, 7) is -2.04. The highest BCUT2D eigenvalue weighted by Gasteiger charge is 2.17. The number of carbonyl (C=O) groups excluding carboxylic acids is 1. The smallest absolute Gasteiger partial charge is 0.387 e. The highest BCUT2D eigenvalue weighted by Crippen LogP contribution is 2.29. The number of halogens is 4. The number of alkyl halides is 2. The van der Waals surface area contributed by atoms with Crippen LogP contribution in [0.15, 0.2) is 18.2 Å². The van der Waals surface area contributed by atoms with Crippen molar-refractivity contribution in [3.63, 3.8) is 0 Å². The lowest BCUT2D eigenvalue weighted by atomic mass is 10.2. The van der Waals surface area contributed by atoms with Crippen molar-refractivity contribution in [2.45, 2.75) is 19.1 Å². The summed E-state index contributed by atoms with van der Waals surface area (Å²) < 4.78 is 28.5. The van der Waals surface area contributed by atoms with E-state index in [1.54, 1.807) is 0 Å². The van der Waals surface area contributed by atoms with Crippen molar-refractivity contribution >= 4 is 47.4 Å². The first-order valence-electron chi connectivity index (χ1n) is 6.40. The molecule has 0 spiro atoms. The Balaban J connectivity index is 0.00000242. The van der Waals surface area contributed by atoms with Gasteiger partial charge in [0.25, 0.3) is 0 Å². The van der Waals surface area contributed by atoms with E-state index >= 15 is 0 Å². The van der Waals surface area contributed by atoms with Gasteiger partial charge in [-0.05, 0) is 18.2 Å². The molecule has 1 heterocycles. The van der Waals surface area contributed by atoms with Crippen LogP contribution in [0.2, 0.25) is 5.02 Å². The third-order valence-corrected chi connectivity index (χ3v) is 4.29. The van der Waals surface area contributed by atoms with E-state index in [0.29, 0.717) is 12.1 Å². The second-order valence-corrected chi connectivity index (χ2v) is 6.06. The molecule has 1 aliphatic rings. The lowest BCUT2D eigenvalue weighted by Crippen LogP contribution is -2.39. The van der Waals surface area contributed by atoms with Gasteiger partial charge in [0, 0.05) is 36.2 Å². The van der Waals surface area contributed by atoms with Crippen LogP contribution in [0.4, 0.5) is 14.5 Å². The molecule has 1 saturated heterocycles. The Kier molecular flexibility index (Phi) is 8.24. The first-order chi connectivity index (χ1) is 10.0. The lowest BCUT2D eigenvalue weighted by Gasteiger charge is -2.22. The maximum Gasteiger partial charge on any atom is 0.387 e. The predicted molar refractivity (Wildman–Crippen MR) is 87.7 cm³/mol. The van der Waals surface area contributed by atoms with Crippen LogP contribution in [-0.4, -0.2) is 36.6 Å². The number of carbonyl (C=O) groups is 1. The standard InChI is InChI=1S/C13H15ClF2N2O2S.ClH/c14-10-5-8(1-2-11(10)20-13(15)16)18-12(19)6-9-7-21-4-3-17-9;/h1-2,5,9,13,17H,3-4,6-7H2,(H,18,19);1H. The topological polar surface area (TPSA) is 50.4 Å². The summed E-state index contributed by atoms with van der Waals surface area (Å²) in [5, 5.41) is 5.99. The van der Waals surface area contributed by atoms with Crippen LogP contribution >= 0.6 is 35.8 Å². The van der Waals surface area contributed by atoms with Crippen LogP contribution in [0.5, 0.6) is 5.75 Å². The number of hydrogen-bond acceptors (Lipinski definition) is 4. The van der Waals surface area contributed by atoms with Gasteiger partial charge in [0.2, 0.25) is 5.91 Å². The molecule has 4 nitrogen and oxygen atoms in total. The largest absolute Gasteiger partial charge is 0.433 e. The second-order valence-electron chi connectivity index (χ2n) is 4.50. The fourth-order valence-corrected chi connectivity index (χ4v) is 3.13. The summed E-state index contributed by atoms with van der Waals surface area (Å²) in [4.78, 5) is 11.9. The highest BCUT2D eigenvalue weighted by molar-refractivity contribution is 7.99. The summed E-state index contributed by atoms with van der Waals surface area (Å²) in [6.07, 6.45) is 0.361. The molecule has 0 aliphatic carbocycles. The Hall–Kier alpha value is -0.760. The number of thioether (sulfide) groups is 1. The number of ether oxygens (including phenoxy) is 1. The van der Waals surface area contributed by atoms with Gasteiger partial charge in [-0.2, -0.15) is 20.5 Å². The average Bonchev–Trinajstić information content (AvgIpc) is 2.42. The molecule has 1 aliphatic heterocycles. The fourth-order valence-electron chi connectivity index (χ4n) is 1.96. The molecule has 2 rings (SSSR count). The highest BCUT2D eigenvalue weighted by atomic mass is 35.5. The lowest BCUT2D eigenvalue weighted by molar-refractivity contribution is -0.116. The summed E-state index contributed by atoms with van der Waals surface area (Å²) >= 11 is 7.63. The van der Waals surface area contributed by atoms with Gasteiger partial charge >= 0.3 is 6.61 Å². The van der Waals surface area contributed by atoms with Gasteiger partial charge in [0.05, 0.1) is 5.02 Å². The molecular weight excluding hydrogens is 357 g/mol. The monoisotopic (exact) mass is 372 g/mol. The molecule has 0 saturated carbocycles. The zero-order chi connectivity index (χ0) is 15.2. The van der Waals surface area contributed by atoms with Crippen LogP contribution in [0, 0.1) is 0 Å². The van der Waals surface area contributed by atoms with Crippen LogP contribution in [0.1, 0.15) is 6.42 Å². The fraction of sp³-hybridized carbons (Fsp3) is 0.462. The summed E-state index contributed by atoms with van der Waals surface area (Å²) in [7, 11) is 0. The Bertz CT molecular complexity index is 503. The molecule has 0 radical (unpaired) electrons. The van der Waals surface area contributed by atoms with E-state index in [2.05, 4.69) is 15.4 Å². The number of nitrogens with one attached hydrogen (secondary N) is 2. The van der Waals surface area contributed by atoms with Gasteiger partial charge in [-0.25, -0.2) is 0 Å². The van der Waals surface area contributed by atoms with Gasteiger partial charge < -0.3 is 15.4 Å². The first-order valence-corrected chi connectivity index (χ1v) is 7.93. The van der Waals surface area contributed by atoms with Gasteiger partial charge in [-0.3, -0.25) is 4.79 Å². The third kappa shape index (κ3) is 6.16. The van der Waals surface area contributed by atoms with Crippen LogP contribution < -0.4 is 15.4 Å². The van der Waals surface area contributed by atoms with Gasteiger partial charge in [-0.1, -0.05) is 11.6 Å². The molecule has 9 heteroatoms. The molecule has 0 bridgehead atoms. The van der Waals surface area contributed by atoms with Crippen molar-refractivity contribution in [3.8, 4) is 5.75 Å². The first kappa shape index (κ1) is 19.3. The molecule has 0 aromatic heterocycles. The second kappa shape index (κ2) is 9.39. The molecule has 22 heavy (non-hydrogen) atoms. The van der Waals surface area contributed by atoms with E-state index in [1.165, 1.54) is 18.2 Å². The maximum atomic E-state index is 12.1. The zero-order valence-electron chi connectivity index (χ0n) is 11.5. The SMILES string of the molecule is Cl.O=C(CC1CSCCN1)Nc1ccc(OC(F)F)c(Cl)c1. The minimum atomic E-state index is -2.93. The Morgan fingerprint density at radius 2 is 2.32 bits per heavy atom. The van der Waals surface area contributed by atoms with Crippen molar-refractivity contribution < 1.29 is 18.3 Å². The number of anilines is 1. The van der Waals surface area contributed by atoms with Crippen molar-refractivity contribution in [1.29, 1.82) is 0 Å². The minimum Gasteiger partial charge on any atom is -0.433 e. The van der Waals surface area contributed by atoms with Crippen molar-refractivity contribution in [3.05, 3.63) is 23.2 Å². The van der Waals surface area contributed by atoms with Crippen LogP contribution in [-0.2, 0) is 4.79 Å². The van der Waals surface area contributed by atoms with E-state index in [-0.39, 0.29) is 35.1 Å². The molecule has 1 unspecified atom stereocenters. The number of hydrogen-bond donors (Lipinski definition) is 2. The van der Waals surface area contributed by atoms with Crippen molar-refractivity contribution in [1.82, 2.24) is 5.32 Å². The number of benzene rings is 1. The summed E-state index contributed by atoms with van der Waals surface area (Å²) in [5.74, 6) is 1.69. The minimum absolute atomic E-state index is 0. The Labute approximate surface area is 142 Å². The quantitative estimate of drug-likeness (QED) is 0.831. The van der Waals surface area contributed by atoms with Gasteiger partial charge in [0.15, 0.2) is 0 Å². The molecule has 1 atom stereocenters. The molecule has 1 aromatic carbocycles. The molecular formula is C13H16Cl2F2N2O2S. The Morgan fingerprint density at radius 1 is 1.55 bits per heavy atom. The van der Waals surface area contributed by atoms with E-state index < -0.39 is 6.61 Å². The third-order valence-electron chi connectivity index (χ3n) is 2.86. The average molecular weight is 373 g/mol. The number of amides is 1. The van der Waals surface area contributed by atoms with Gasteiger partial charge in [-0.15, -0.1) is 12.4 Å². The van der Waals surface area contributed by atoms with Gasteiger partial charge in [0.1, 0.15) is 5.75 Å². The molecule has 1 amide bonds. The van der Waals surface area contributed by atoms with E-state index in [9.17, 15) is 13.6 Å². The molecule has 2 N–H and O–H groups in total. The molecule has 1 fully saturated rings. The Morgan fingerprint density at radius 3 is 2.91 bits per heavy atom. The number of rotatable bonds is 5. The van der Waals surface area contributed by atoms with Crippen LogP contribution in [0.3, 0.4) is 0 Å². The van der Waals surface area contributed by atoms with Crippen LogP contribution in [0.25, 0.3) is 0 Å². The van der Waals surface area contributed by atoms with E-state index in [4.69, 9.17) is 11.6 Å². The van der Waals surface area contributed by atoms with E-state index in [1.807, 2.05) is 11.8 Å². The van der Waals surface area contributed by atoms with Crippen molar-refractivity contribution in [2.75, 3.05) is 23.4 Å². The van der Waals surface area contributed by atoms with E-state index in [0.717, 1.165) is 18.1 Å². The zero-order valence-corrected chi connectivity index (χ0v) is 13.9. The summed E-state index contributed by atoms with van der Waals surface area (Å²) in [6, 6.07) is 4.32. The molecule has 124 valence electrons. The summed E-state index contributed by atoms with van der Waals surface area (Å²) in [5.41, 5.74) is 0.454. The maximum absolute atomic E-state index is 12.1. The normalized spacial score (nSPS) is 17.7.